The predicted molar refractivity (Wildman–Crippen MR) is 133 cm³/mol. The Hall–Kier alpha value is -1.06. The van der Waals surface area contributed by atoms with Gasteiger partial charge in [0, 0.05) is 65.3 Å². The number of benzene rings is 1. The van der Waals surface area contributed by atoms with Gasteiger partial charge in [-0.3, -0.25) is 4.99 Å². The van der Waals surface area contributed by atoms with Gasteiger partial charge >= 0.3 is 0 Å². The number of hydrogen-bond acceptors (Lipinski definition) is 4. The van der Waals surface area contributed by atoms with Crippen LogP contribution in [-0.4, -0.2) is 65.6 Å². The van der Waals surface area contributed by atoms with Crippen molar-refractivity contribution in [1.29, 1.82) is 0 Å². The van der Waals surface area contributed by atoms with Crippen LogP contribution in [0.4, 0.5) is 5.69 Å². The van der Waals surface area contributed by atoms with Crippen LogP contribution in [0.25, 0.3) is 0 Å². The number of hydrogen-bond donors (Lipinski definition) is 2. The van der Waals surface area contributed by atoms with Gasteiger partial charge in [0.05, 0.1) is 0 Å². The molecule has 1 fully saturated rings. The van der Waals surface area contributed by atoms with Gasteiger partial charge < -0.3 is 25.0 Å². The van der Waals surface area contributed by atoms with E-state index in [2.05, 4.69) is 58.6 Å². The summed E-state index contributed by atoms with van der Waals surface area (Å²) in [6, 6.07) is 8.54. The summed E-state index contributed by atoms with van der Waals surface area (Å²) in [5, 5.41) is 6.78. The lowest BCUT2D eigenvalue weighted by atomic mass is 10.0. The number of halogens is 1. The lowest BCUT2D eigenvalue weighted by Crippen LogP contribution is -2.42. The van der Waals surface area contributed by atoms with Crippen LogP contribution in [0.1, 0.15) is 31.7 Å². The maximum Gasteiger partial charge on any atom is 0.191 e. The largest absolute Gasteiger partial charge is 0.381 e. The van der Waals surface area contributed by atoms with Gasteiger partial charge in [-0.05, 0) is 50.7 Å². The van der Waals surface area contributed by atoms with Crippen molar-refractivity contribution in [3.05, 3.63) is 29.8 Å². The second-order valence-corrected chi connectivity index (χ2v) is 7.28. The standard InChI is InChI=1S/C22H38N4O2.HI/c1-4-26(21-9-6-5-8-19(21)2)14-13-25-22(23-3)24-12-7-15-28-18-20-10-16-27-17-11-20;/h5-6,8-9,20H,4,7,10-18H2,1-3H3,(H2,23,24,25);1H. The van der Waals surface area contributed by atoms with Crippen LogP contribution in [0.3, 0.4) is 0 Å². The van der Waals surface area contributed by atoms with Gasteiger partial charge in [-0.25, -0.2) is 0 Å². The molecule has 0 spiro atoms. The number of nitrogens with one attached hydrogen (secondary N) is 2. The zero-order valence-corrected chi connectivity index (χ0v) is 20.6. The van der Waals surface area contributed by atoms with Crippen LogP contribution >= 0.6 is 24.0 Å². The molecule has 0 saturated carbocycles. The van der Waals surface area contributed by atoms with E-state index in [9.17, 15) is 0 Å². The number of nitrogens with zero attached hydrogens (tertiary/aromatic N) is 2. The molecule has 0 aliphatic carbocycles. The first-order valence-corrected chi connectivity index (χ1v) is 10.6. The van der Waals surface area contributed by atoms with E-state index in [1.165, 1.54) is 11.3 Å². The number of rotatable bonds is 11. The molecule has 1 aliphatic heterocycles. The van der Waals surface area contributed by atoms with E-state index in [1.807, 2.05) is 7.05 Å². The van der Waals surface area contributed by atoms with E-state index >= 15 is 0 Å². The predicted octanol–water partition coefficient (Wildman–Crippen LogP) is 3.44. The molecular weight excluding hydrogens is 479 g/mol. The second-order valence-electron chi connectivity index (χ2n) is 7.28. The summed E-state index contributed by atoms with van der Waals surface area (Å²) in [5.41, 5.74) is 2.61. The Morgan fingerprint density at radius 1 is 1.21 bits per heavy atom. The van der Waals surface area contributed by atoms with Crippen LogP contribution in [0.5, 0.6) is 0 Å². The molecule has 0 aromatic heterocycles. The summed E-state index contributed by atoms with van der Waals surface area (Å²) in [5.74, 6) is 1.52. The van der Waals surface area contributed by atoms with Crippen molar-refractivity contribution < 1.29 is 9.47 Å². The van der Waals surface area contributed by atoms with E-state index in [1.54, 1.807) is 0 Å². The molecule has 0 bridgehead atoms. The number of guanidine groups is 1. The molecule has 1 heterocycles. The normalized spacial score (nSPS) is 14.9. The lowest BCUT2D eigenvalue weighted by molar-refractivity contribution is 0.0203. The van der Waals surface area contributed by atoms with E-state index in [4.69, 9.17) is 9.47 Å². The molecule has 1 aromatic rings. The van der Waals surface area contributed by atoms with E-state index in [-0.39, 0.29) is 24.0 Å². The van der Waals surface area contributed by atoms with E-state index in [0.29, 0.717) is 5.92 Å². The molecule has 7 heteroatoms. The van der Waals surface area contributed by atoms with Gasteiger partial charge in [0.2, 0.25) is 0 Å². The van der Waals surface area contributed by atoms with Crippen molar-refractivity contribution >= 4 is 35.6 Å². The third-order valence-electron chi connectivity index (χ3n) is 5.19. The minimum Gasteiger partial charge on any atom is -0.381 e. The topological polar surface area (TPSA) is 58.1 Å². The quantitative estimate of drug-likeness (QED) is 0.204. The van der Waals surface area contributed by atoms with Crippen molar-refractivity contribution in [3.63, 3.8) is 0 Å². The van der Waals surface area contributed by atoms with Crippen molar-refractivity contribution in [2.24, 2.45) is 10.9 Å². The molecule has 0 amide bonds. The molecule has 2 rings (SSSR count). The summed E-state index contributed by atoms with van der Waals surface area (Å²) in [6.45, 7) is 11.4. The number of aryl methyl sites for hydroxylation is 1. The minimum absolute atomic E-state index is 0. The Morgan fingerprint density at radius 3 is 2.62 bits per heavy atom. The summed E-state index contributed by atoms with van der Waals surface area (Å²) in [6.07, 6.45) is 3.24. The fourth-order valence-electron chi connectivity index (χ4n) is 3.44. The fourth-order valence-corrected chi connectivity index (χ4v) is 3.44. The fraction of sp³-hybridized carbons (Fsp3) is 0.682. The first-order valence-electron chi connectivity index (χ1n) is 10.6. The van der Waals surface area contributed by atoms with Crippen molar-refractivity contribution in [2.75, 3.05) is 64.6 Å². The van der Waals surface area contributed by atoms with E-state index < -0.39 is 0 Å². The van der Waals surface area contributed by atoms with E-state index in [0.717, 1.165) is 77.8 Å². The molecular formula is C22H39IN4O2. The highest BCUT2D eigenvalue weighted by molar-refractivity contribution is 14.0. The smallest absolute Gasteiger partial charge is 0.191 e. The summed E-state index contributed by atoms with van der Waals surface area (Å²) >= 11 is 0. The molecule has 0 atom stereocenters. The Balaban J connectivity index is 0.00000420. The zero-order valence-electron chi connectivity index (χ0n) is 18.3. The maximum atomic E-state index is 5.81. The Morgan fingerprint density at radius 2 is 1.93 bits per heavy atom. The van der Waals surface area contributed by atoms with Gasteiger partial charge in [0.1, 0.15) is 0 Å². The zero-order chi connectivity index (χ0) is 20.0. The van der Waals surface area contributed by atoms with Crippen LogP contribution in [0.2, 0.25) is 0 Å². The first kappa shape index (κ1) is 26.0. The Labute approximate surface area is 193 Å². The van der Waals surface area contributed by atoms with Gasteiger partial charge in [0.25, 0.3) is 0 Å². The Kier molecular flexibility index (Phi) is 14.1. The molecule has 1 aliphatic rings. The SMILES string of the molecule is CCN(CCNC(=NC)NCCCOCC1CCOCC1)c1ccccc1C.I. The van der Waals surface area contributed by atoms with Gasteiger partial charge in [-0.2, -0.15) is 0 Å². The van der Waals surface area contributed by atoms with Crippen LogP contribution in [-0.2, 0) is 9.47 Å². The monoisotopic (exact) mass is 518 g/mol. The average molecular weight is 518 g/mol. The molecule has 29 heavy (non-hydrogen) atoms. The van der Waals surface area contributed by atoms with Crippen LogP contribution in [0.15, 0.2) is 29.3 Å². The highest BCUT2D eigenvalue weighted by Crippen LogP contribution is 2.18. The summed E-state index contributed by atoms with van der Waals surface area (Å²) in [7, 11) is 1.82. The molecule has 6 nitrogen and oxygen atoms in total. The molecule has 0 radical (unpaired) electrons. The highest BCUT2D eigenvalue weighted by Gasteiger charge is 2.13. The van der Waals surface area contributed by atoms with Crippen molar-refractivity contribution in [1.82, 2.24) is 10.6 Å². The molecule has 0 unspecified atom stereocenters. The third-order valence-corrected chi connectivity index (χ3v) is 5.19. The van der Waals surface area contributed by atoms with Gasteiger partial charge in [0.15, 0.2) is 5.96 Å². The third kappa shape index (κ3) is 10.00. The molecule has 1 aromatic carbocycles. The molecule has 1 saturated heterocycles. The molecule has 2 N–H and O–H groups in total. The number of aliphatic imine (C=N–C) groups is 1. The minimum atomic E-state index is 0. The van der Waals surface area contributed by atoms with Crippen molar-refractivity contribution in [3.8, 4) is 0 Å². The van der Waals surface area contributed by atoms with Crippen LogP contribution in [0, 0.1) is 12.8 Å². The second kappa shape index (κ2) is 15.7. The average Bonchev–Trinajstić information content (AvgIpc) is 2.73. The lowest BCUT2D eigenvalue weighted by Gasteiger charge is -2.25. The highest BCUT2D eigenvalue weighted by atomic mass is 127. The van der Waals surface area contributed by atoms with Gasteiger partial charge in [-0.1, -0.05) is 18.2 Å². The number of likely N-dealkylation sites (N-methyl/N-ethyl adjacent to an activating group) is 1. The number of ether oxygens (including phenoxy) is 2. The Bertz CT molecular complexity index is 580. The summed E-state index contributed by atoms with van der Waals surface area (Å²) < 4.78 is 11.2. The summed E-state index contributed by atoms with van der Waals surface area (Å²) in [4.78, 5) is 6.70. The van der Waals surface area contributed by atoms with Crippen molar-refractivity contribution in [2.45, 2.75) is 33.1 Å². The first-order chi connectivity index (χ1) is 13.7. The molecule has 166 valence electrons. The number of anilines is 1. The van der Waals surface area contributed by atoms with Crippen LogP contribution < -0.4 is 15.5 Å². The number of para-hydroxylation sites is 1. The van der Waals surface area contributed by atoms with Gasteiger partial charge in [-0.15, -0.1) is 24.0 Å². The maximum absolute atomic E-state index is 5.81.